The lowest BCUT2D eigenvalue weighted by molar-refractivity contribution is -0.148. The van der Waals surface area contributed by atoms with Crippen molar-refractivity contribution in [3.8, 4) is 0 Å². The van der Waals surface area contributed by atoms with Crippen molar-refractivity contribution in [1.82, 2.24) is 0 Å². The van der Waals surface area contributed by atoms with Crippen LogP contribution < -0.4 is 0 Å². The summed E-state index contributed by atoms with van der Waals surface area (Å²) in [7, 11) is 1.42. The van der Waals surface area contributed by atoms with Crippen molar-refractivity contribution in [3.63, 3.8) is 0 Å². The molecule has 20 heavy (non-hydrogen) atoms. The number of hydrogen-bond acceptors (Lipinski definition) is 4. The van der Waals surface area contributed by atoms with E-state index >= 15 is 0 Å². The Bertz CT molecular complexity index is 413. The molecule has 4 nitrogen and oxygen atoms in total. The first-order valence-corrected chi connectivity index (χ1v) is 7.07. The van der Waals surface area contributed by atoms with Crippen molar-refractivity contribution >= 4 is 11.9 Å². The number of hydrogen-bond donors (Lipinski definition) is 0. The largest absolute Gasteiger partial charge is 0.469 e. The minimum absolute atomic E-state index is 0.0780. The van der Waals surface area contributed by atoms with E-state index in [1.165, 1.54) is 7.11 Å². The van der Waals surface area contributed by atoms with Crippen LogP contribution >= 0.6 is 0 Å². The molecule has 1 atom stereocenters. The smallest absolute Gasteiger partial charge is 0.331 e. The van der Waals surface area contributed by atoms with E-state index in [0.717, 1.165) is 18.4 Å². The van der Waals surface area contributed by atoms with E-state index in [9.17, 15) is 9.59 Å². The number of rotatable bonds is 2. The molecule has 0 amide bonds. The van der Waals surface area contributed by atoms with E-state index in [1.807, 2.05) is 20.8 Å². The Hall–Kier alpha value is -1.32. The van der Waals surface area contributed by atoms with Gasteiger partial charge in [0.05, 0.1) is 13.0 Å². The molecule has 1 aliphatic rings. The summed E-state index contributed by atoms with van der Waals surface area (Å²) in [6.45, 7) is 9.66. The third-order valence-electron chi connectivity index (χ3n) is 3.62. The molecular weight excluding hydrogens is 256 g/mol. The van der Waals surface area contributed by atoms with E-state index in [1.54, 1.807) is 6.08 Å². The van der Waals surface area contributed by atoms with Crippen molar-refractivity contribution in [1.29, 1.82) is 0 Å². The fourth-order valence-corrected chi connectivity index (χ4v) is 2.63. The lowest BCUT2D eigenvalue weighted by Crippen LogP contribution is -2.31. The van der Waals surface area contributed by atoms with Crippen LogP contribution in [0.25, 0.3) is 0 Å². The van der Waals surface area contributed by atoms with Crippen molar-refractivity contribution in [2.75, 3.05) is 7.11 Å². The molecule has 0 N–H and O–H groups in total. The molecule has 1 aliphatic carbocycles. The number of carbonyl (C=O) groups excluding carboxylic acids is 2. The van der Waals surface area contributed by atoms with Crippen molar-refractivity contribution in [2.24, 2.45) is 11.3 Å². The van der Waals surface area contributed by atoms with Gasteiger partial charge in [-0.3, -0.25) is 4.79 Å². The van der Waals surface area contributed by atoms with Crippen LogP contribution in [0, 0.1) is 11.3 Å². The maximum atomic E-state index is 11.9. The van der Waals surface area contributed by atoms with Gasteiger partial charge in [0.2, 0.25) is 0 Å². The van der Waals surface area contributed by atoms with Gasteiger partial charge in [-0.25, -0.2) is 4.79 Å². The van der Waals surface area contributed by atoms with Crippen LogP contribution in [0.3, 0.4) is 0 Å². The average molecular weight is 282 g/mol. The van der Waals surface area contributed by atoms with Gasteiger partial charge < -0.3 is 9.47 Å². The molecule has 4 heteroatoms. The number of esters is 2. The number of ether oxygens (including phenoxy) is 2. The first-order chi connectivity index (χ1) is 9.05. The first-order valence-electron chi connectivity index (χ1n) is 7.07. The molecular formula is C16H26O4. The van der Waals surface area contributed by atoms with E-state index in [-0.39, 0.29) is 23.3 Å². The summed E-state index contributed by atoms with van der Waals surface area (Å²) in [4.78, 5) is 23.5. The van der Waals surface area contributed by atoms with Crippen molar-refractivity contribution < 1.29 is 19.1 Å². The van der Waals surface area contributed by atoms with Gasteiger partial charge in [-0.2, -0.15) is 0 Å². The summed E-state index contributed by atoms with van der Waals surface area (Å²) in [5.41, 5.74) is 0.377. The molecule has 114 valence electrons. The standard InChI is InChI=1S/C16H26O4/c1-15(2,3)20-13(17)9-12-8-7-11(14(18)19-6)10-16(12,4)5/h9,11H,7-8,10H2,1-6H3. The van der Waals surface area contributed by atoms with E-state index in [4.69, 9.17) is 9.47 Å². The van der Waals surface area contributed by atoms with E-state index in [0.29, 0.717) is 6.42 Å². The van der Waals surface area contributed by atoms with Gasteiger partial charge in [-0.1, -0.05) is 19.4 Å². The third-order valence-corrected chi connectivity index (χ3v) is 3.62. The van der Waals surface area contributed by atoms with Crippen LogP contribution in [0.2, 0.25) is 0 Å². The van der Waals surface area contributed by atoms with Crippen LogP contribution in [0.15, 0.2) is 11.6 Å². The Morgan fingerprint density at radius 3 is 2.35 bits per heavy atom. The van der Waals surface area contributed by atoms with E-state index < -0.39 is 5.60 Å². The number of allylic oxidation sites excluding steroid dienone is 1. The monoisotopic (exact) mass is 282 g/mol. The Morgan fingerprint density at radius 1 is 1.30 bits per heavy atom. The Kier molecular flexibility index (Phi) is 5.00. The predicted octanol–water partition coefficient (Wildman–Crippen LogP) is 3.25. The fourth-order valence-electron chi connectivity index (χ4n) is 2.63. The summed E-state index contributed by atoms with van der Waals surface area (Å²) < 4.78 is 10.1. The molecule has 0 saturated heterocycles. The summed E-state index contributed by atoms with van der Waals surface area (Å²) in [5.74, 6) is -0.544. The van der Waals surface area contributed by atoms with Gasteiger partial charge in [-0.05, 0) is 45.4 Å². The Labute approximate surface area is 121 Å². The van der Waals surface area contributed by atoms with Crippen molar-refractivity contribution in [3.05, 3.63) is 11.6 Å². The number of carbonyl (C=O) groups is 2. The quantitative estimate of drug-likeness (QED) is 0.576. The average Bonchev–Trinajstić information content (AvgIpc) is 2.28. The highest BCUT2D eigenvalue weighted by Gasteiger charge is 2.36. The topological polar surface area (TPSA) is 52.6 Å². The normalized spacial score (nSPS) is 24.3. The third kappa shape index (κ3) is 4.66. The maximum absolute atomic E-state index is 11.9. The number of methoxy groups -OCH3 is 1. The SMILES string of the molecule is COC(=O)C1CCC(=CC(=O)OC(C)(C)C)C(C)(C)C1. The molecule has 0 aromatic rings. The van der Waals surface area contributed by atoms with Gasteiger partial charge in [0.25, 0.3) is 0 Å². The predicted molar refractivity (Wildman–Crippen MR) is 77.1 cm³/mol. The maximum Gasteiger partial charge on any atom is 0.331 e. The van der Waals surface area contributed by atoms with Gasteiger partial charge in [0.15, 0.2) is 0 Å². The molecule has 0 spiro atoms. The highest BCUT2D eigenvalue weighted by molar-refractivity contribution is 5.83. The molecule has 0 radical (unpaired) electrons. The summed E-state index contributed by atoms with van der Waals surface area (Å²) in [5, 5.41) is 0. The second kappa shape index (κ2) is 5.98. The molecule has 0 aromatic heterocycles. The molecule has 0 heterocycles. The summed E-state index contributed by atoms with van der Waals surface area (Å²) in [6, 6.07) is 0. The lowest BCUT2D eigenvalue weighted by atomic mass is 9.68. The lowest BCUT2D eigenvalue weighted by Gasteiger charge is -2.36. The molecule has 1 rings (SSSR count). The molecule has 0 aromatic carbocycles. The first kappa shape index (κ1) is 16.7. The van der Waals surface area contributed by atoms with Crippen LogP contribution in [0.5, 0.6) is 0 Å². The zero-order valence-electron chi connectivity index (χ0n) is 13.4. The summed E-state index contributed by atoms with van der Waals surface area (Å²) in [6.07, 6.45) is 3.75. The van der Waals surface area contributed by atoms with Gasteiger partial charge >= 0.3 is 11.9 Å². The molecule has 1 saturated carbocycles. The molecule has 0 aliphatic heterocycles. The zero-order valence-corrected chi connectivity index (χ0v) is 13.4. The highest BCUT2D eigenvalue weighted by atomic mass is 16.6. The van der Waals surface area contributed by atoms with Gasteiger partial charge in [-0.15, -0.1) is 0 Å². The minimum Gasteiger partial charge on any atom is -0.469 e. The minimum atomic E-state index is -0.485. The van der Waals surface area contributed by atoms with Crippen molar-refractivity contribution in [2.45, 2.75) is 59.5 Å². The summed E-state index contributed by atoms with van der Waals surface area (Å²) >= 11 is 0. The van der Waals surface area contributed by atoms with Crippen LogP contribution in [0.4, 0.5) is 0 Å². The molecule has 1 unspecified atom stereocenters. The Balaban J connectivity index is 2.79. The second-order valence-electron chi connectivity index (χ2n) is 7.05. The Morgan fingerprint density at radius 2 is 1.90 bits per heavy atom. The molecule has 1 fully saturated rings. The fraction of sp³-hybridized carbons (Fsp3) is 0.750. The van der Waals surface area contributed by atoms with Crippen LogP contribution in [0.1, 0.15) is 53.9 Å². The van der Waals surface area contributed by atoms with Gasteiger partial charge in [0.1, 0.15) is 5.60 Å². The molecule has 0 bridgehead atoms. The van der Waals surface area contributed by atoms with Crippen LogP contribution in [-0.2, 0) is 19.1 Å². The highest BCUT2D eigenvalue weighted by Crippen LogP contribution is 2.43. The zero-order chi connectivity index (χ0) is 15.6. The second-order valence-corrected chi connectivity index (χ2v) is 7.05. The van der Waals surface area contributed by atoms with Crippen LogP contribution in [-0.4, -0.2) is 24.6 Å². The van der Waals surface area contributed by atoms with E-state index in [2.05, 4.69) is 13.8 Å². The van der Waals surface area contributed by atoms with Gasteiger partial charge in [0, 0.05) is 6.08 Å².